The van der Waals surface area contributed by atoms with Gasteiger partial charge in [0, 0.05) is 35.7 Å². The van der Waals surface area contributed by atoms with Crippen LogP contribution in [0.25, 0.3) is 11.0 Å². The number of aromatic nitrogens is 3. The lowest BCUT2D eigenvalue weighted by Gasteiger charge is -2.38. The minimum atomic E-state index is -1.18. The maximum Gasteiger partial charge on any atom is 0.335 e. The van der Waals surface area contributed by atoms with Gasteiger partial charge in [-0.05, 0) is 62.7 Å². The lowest BCUT2D eigenvalue weighted by atomic mass is 9.90. The second kappa shape index (κ2) is 11.9. The SMILES string of the molecule is CC(c1nc2ccc(C(=O)O)cc2n1C[C@@H]1CCO1)N1CCC(c2cccc(OCc3ccc(Cl)cc3F)n2)C(F)C1. The summed E-state index contributed by atoms with van der Waals surface area (Å²) in [6, 6.07) is 14.3. The highest BCUT2D eigenvalue weighted by molar-refractivity contribution is 6.30. The zero-order chi connectivity index (χ0) is 29.4. The van der Waals surface area contributed by atoms with Crippen molar-refractivity contribution in [3.8, 4) is 5.88 Å². The first-order chi connectivity index (χ1) is 20.3. The molecule has 8 nitrogen and oxygen atoms in total. The fraction of sp³-hybridized carbons (Fsp3) is 0.387. The molecule has 0 radical (unpaired) electrons. The van der Waals surface area contributed by atoms with Crippen LogP contribution in [-0.4, -0.2) is 62.5 Å². The van der Waals surface area contributed by atoms with Gasteiger partial charge in [0.15, 0.2) is 0 Å². The average molecular weight is 597 g/mol. The fourth-order valence-electron chi connectivity index (χ4n) is 5.70. The molecule has 42 heavy (non-hydrogen) atoms. The number of pyridine rings is 1. The number of likely N-dealkylation sites (tertiary alicyclic amines) is 1. The Hall–Kier alpha value is -3.60. The molecular formula is C31H31ClF2N4O4. The zero-order valence-electron chi connectivity index (χ0n) is 23.1. The number of benzene rings is 2. The third-order valence-electron chi connectivity index (χ3n) is 8.21. The molecule has 0 bridgehead atoms. The van der Waals surface area contributed by atoms with Crippen LogP contribution in [0.4, 0.5) is 8.78 Å². The molecule has 220 valence electrons. The molecule has 4 heterocycles. The fourth-order valence-corrected chi connectivity index (χ4v) is 5.86. The number of carboxylic acids is 1. The van der Waals surface area contributed by atoms with E-state index in [4.69, 9.17) is 26.1 Å². The normalized spacial score (nSPS) is 21.7. The van der Waals surface area contributed by atoms with E-state index in [-0.39, 0.29) is 30.9 Å². The largest absolute Gasteiger partial charge is 0.478 e. The first kappa shape index (κ1) is 28.5. The van der Waals surface area contributed by atoms with Gasteiger partial charge in [0.1, 0.15) is 24.4 Å². The number of rotatable bonds is 9. The Kier molecular flexibility index (Phi) is 8.11. The standard InChI is InChI=1S/C31H31ClF2N4O4/c1-18(30-36-27-8-6-19(31(39)40)13-28(27)38(30)15-22-10-12-41-22)37-11-9-23(25(34)16-37)26-3-2-4-29(35-26)42-17-20-5-7-21(32)14-24(20)33/h2-8,13-14,18,22-23,25H,9-12,15-17H2,1H3,(H,39,40)/t18?,22-,23?,25?/m0/s1. The molecule has 2 aromatic heterocycles. The van der Waals surface area contributed by atoms with Gasteiger partial charge in [-0.3, -0.25) is 4.90 Å². The van der Waals surface area contributed by atoms with Crippen molar-refractivity contribution in [1.29, 1.82) is 0 Å². The highest BCUT2D eigenvalue weighted by atomic mass is 35.5. The minimum Gasteiger partial charge on any atom is -0.478 e. The monoisotopic (exact) mass is 596 g/mol. The number of ether oxygens (including phenoxy) is 2. The van der Waals surface area contributed by atoms with Crippen molar-refractivity contribution < 1.29 is 28.2 Å². The molecule has 2 aromatic carbocycles. The summed E-state index contributed by atoms with van der Waals surface area (Å²) in [7, 11) is 0. The van der Waals surface area contributed by atoms with E-state index >= 15 is 4.39 Å². The van der Waals surface area contributed by atoms with Crippen LogP contribution in [0.3, 0.4) is 0 Å². The summed E-state index contributed by atoms with van der Waals surface area (Å²) in [6.45, 7) is 4.07. The van der Waals surface area contributed by atoms with E-state index in [1.54, 1.807) is 48.5 Å². The lowest BCUT2D eigenvalue weighted by molar-refractivity contribution is -0.0595. The van der Waals surface area contributed by atoms with Gasteiger partial charge in [0.25, 0.3) is 0 Å². The Bertz CT molecular complexity index is 1610. The highest BCUT2D eigenvalue weighted by Gasteiger charge is 2.35. The quantitative estimate of drug-likeness (QED) is 0.247. The van der Waals surface area contributed by atoms with Gasteiger partial charge in [-0.2, -0.15) is 0 Å². The molecule has 11 heteroatoms. The molecule has 0 amide bonds. The number of hydrogen-bond acceptors (Lipinski definition) is 6. The molecular weight excluding hydrogens is 566 g/mol. The predicted octanol–water partition coefficient (Wildman–Crippen LogP) is 6.18. The summed E-state index contributed by atoms with van der Waals surface area (Å²) in [6.07, 6.45) is 0.333. The number of carbonyl (C=O) groups is 1. The first-order valence-corrected chi connectivity index (χ1v) is 14.4. The van der Waals surface area contributed by atoms with Crippen LogP contribution in [-0.2, 0) is 17.9 Å². The van der Waals surface area contributed by atoms with Crippen molar-refractivity contribution >= 4 is 28.6 Å². The van der Waals surface area contributed by atoms with Crippen molar-refractivity contribution in [2.75, 3.05) is 19.7 Å². The number of imidazole rings is 1. The molecule has 2 aliphatic heterocycles. The Morgan fingerprint density at radius 3 is 2.74 bits per heavy atom. The summed E-state index contributed by atoms with van der Waals surface area (Å²) >= 11 is 5.83. The van der Waals surface area contributed by atoms with Crippen LogP contribution in [0.15, 0.2) is 54.6 Å². The molecule has 2 aliphatic rings. The Balaban J connectivity index is 1.17. The van der Waals surface area contributed by atoms with Crippen molar-refractivity contribution in [3.63, 3.8) is 0 Å². The van der Waals surface area contributed by atoms with Crippen LogP contribution in [0.2, 0.25) is 5.02 Å². The van der Waals surface area contributed by atoms with E-state index in [2.05, 4.69) is 9.88 Å². The third kappa shape index (κ3) is 5.84. The molecule has 2 saturated heterocycles. The van der Waals surface area contributed by atoms with Crippen LogP contribution in [0, 0.1) is 5.82 Å². The van der Waals surface area contributed by atoms with Gasteiger partial charge in [-0.15, -0.1) is 0 Å². The third-order valence-corrected chi connectivity index (χ3v) is 8.45. The van der Waals surface area contributed by atoms with E-state index in [9.17, 15) is 14.3 Å². The zero-order valence-corrected chi connectivity index (χ0v) is 23.8. The smallest absolute Gasteiger partial charge is 0.335 e. The average Bonchev–Trinajstić information content (AvgIpc) is 3.31. The molecule has 0 aliphatic carbocycles. The summed E-state index contributed by atoms with van der Waals surface area (Å²) in [5, 5.41) is 9.83. The van der Waals surface area contributed by atoms with E-state index in [1.807, 2.05) is 11.5 Å². The number of fused-ring (bicyclic) bond motifs is 1. The lowest BCUT2D eigenvalue weighted by Crippen LogP contribution is -2.43. The molecule has 3 unspecified atom stereocenters. The van der Waals surface area contributed by atoms with E-state index in [0.29, 0.717) is 53.8 Å². The maximum atomic E-state index is 15.8. The Labute approximate surface area is 246 Å². The topological polar surface area (TPSA) is 89.7 Å². The van der Waals surface area contributed by atoms with Crippen molar-refractivity contribution in [2.24, 2.45) is 0 Å². The van der Waals surface area contributed by atoms with Crippen molar-refractivity contribution in [3.05, 3.63) is 88.1 Å². The van der Waals surface area contributed by atoms with Crippen LogP contribution in [0.1, 0.15) is 59.2 Å². The second-order valence-electron chi connectivity index (χ2n) is 10.9. The van der Waals surface area contributed by atoms with Gasteiger partial charge in [-0.1, -0.05) is 23.7 Å². The van der Waals surface area contributed by atoms with Crippen molar-refractivity contribution in [1.82, 2.24) is 19.4 Å². The van der Waals surface area contributed by atoms with Crippen LogP contribution in [0.5, 0.6) is 5.88 Å². The molecule has 2 fully saturated rings. The van der Waals surface area contributed by atoms with Crippen LogP contribution >= 0.6 is 11.6 Å². The van der Waals surface area contributed by atoms with E-state index < -0.39 is 23.9 Å². The number of nitrogens with zero attached hydrogens (tertiary/aromatic N) is 4. The summed E-state index contributed by atoms with van der Waals surface area (Å²) in [5.41, 5.74) is 2.58. The molecule has 4 atom stereocenters. The molecule has 6 rings (SSSR count). The van der Waals surface area contributed by atoms with Gasteiger partial charge in [0.05, 0.1) is 41.0 Å². The highest BCUT2D eigenvalue weighted by Crippen LogP contribution is 2.35. The molecule has 4 aromatic rings. The van der Waals surface area contributed by atoms with Gasteiger partial charge >= 0.3 is 5.97 Å². The number of carboxylic acid groups (broad SMARTS) is 1. The molecule has 0 spiro atoms. The van der Waals surface area contributed by atoms with Crippen molar-refractivity contribution in [2.45, 2.75) is 57.2 Å². The Morgan fingerprint density at radius 1 is 1.19 bits per heavy atom. The second-order valence-corrected chi connectivity index (χ2v) is 11.3. The van der Waals surface area contributed by atoms with Crippen LogP contribution < -0.4 is 4.74 Å². The number of piperidine rings is 1. The van der Waals surface area contributed by atoms with Gasteiger partial charge in [0.2, 0.25) is 5.88 Å². The number of hydrogen-bond donors (Lipinski definition) is 1. The minimum absolute atomic E-state index is 0.0185. The summed E-state index contributed by atoms with van der Waals surface area (Å²) < 4.78 is 43.3. The van der Waals surface area contributed by atoms with E-state index in [1.165, 1.54) is 6.07 Å². The number of halogens is 3. The van der Waals surface area contributed by atoms with E-state index in [0.717, 1.165) is 17.8 Å². The first-order valence-electron chi connectivity index (χ1n) is 14.0. The van der Waals surface area contributed by atoms with Gasteiger partial charge in [-0.25, -0.2) is 23.5 Å². The Morgan fingerprint density at radius 2 is 2.02 bits per heavy atom. The molecule has 0 saturated carbocycles. The molecule has 1 N–H and O–H groups in total. The summed E-state index contributed by atoms with van der Waals surface area (Å²) in [5.74, 6) is -0.805. The summed E-state index contributed by atoms with van der Waals surface area (Å²) in [4.78, 5) is 23.1. The predicted molar refractivity (Wildman–Crippen MR) is 153 cm³/mol. The number of aromatic carboxylic acids is 1. The number of alkyl halides is 1. The van der Waals surface area contributed by atoms with Gasteiger partial charge < -0.3 is 19.1 Å². The maximum absolute atomic E-state index is 15.8.